The summed E-state index contributed by atoms with van der Waals surface area (Å²) in [6.07, 6.45) is 5.14. The molecule has 1 saturated heterocycles. The molecule has 6 nitrogen and oxygen atoms in total. The van der Waals surface area contributed by atoms with Crippen LogP contribution in [0.5, 0.6) is 0 Å². The molecule has 3 heterocycles. The maximum absolute atomic E-state index is 13.7. The first-order valence-electron chi connectivity index (χ1n) is 12.1. The van der Waals surface area contributed by atoms with Gasteiger partial charge in [-0.25, -0.2) is 9.97 Å². The van der Waals surface area contributed by atoms with Gasteiger partial charge in [0.15, 0.2) is 0 Å². The number of benzene rings is 3. The van der Waals surface area contributed by atoms with E-state index in [0.29, 0.717) is 18.7 Å². The Morgan fingerprint density at radius 2 is 1.42 bits per heavy atom. The highest BCUT2D eigenvalue weighted by atomic mass is 16.2. The maximum Gasteiger partial charge on any atom is 0.254 e. The predicted octanol–water partition coefficient (Wildman–Crippen LogP) is 5.32. The topological polar surface area (TPSA) is 62.2 Å². The summed E-state index contributed by atoms with van der Waals surface area (Å²) < 4.78 is 0. The fourth-order valence-corrected chi connectivity index (χ4v) is 4.73. The van der Waals surface area contributed by atoms with Gasteiger partial charge in [0.05, 0.1) is 23.0 Å². The Morgan fingerprint density at radius 3 is 2.17 bits per heavy atom. The molecule has 5 aromatic rings. The largest absolute Gasteiger partial charge is 0.352 e. The Morgan fingerprint density at radius 1 is 0.722 bits per heavy atom. The maximum atomic E-state index is 13.7. The molecule has 0 spiro atoms. The summed E-state index contributed by atoms with van der Waals surface area (Å²) in [6, 6.07) is 28.5. The Kier molecular flexibility index (Phi) is 5.83. The molecule has 0 unspecified atom stereocenters. The zero-order chi connectivity index (χ0) is 24.3. The van der Waals surface area contributed by atoms with E-state index >= 15 is 0 Å². The van der Waals surface area contributed by atoms with Crippen molar-refractivity contribution in [1.29, 1.82) is 0 Å². The third-order valence-electron chi connectivity index (χ3n) is 6.67. The van der Waals surface area contributed by atoms with E-state index in [1.54, 1.807) is 18.6 Å². The zero-order valence-corrected chi connectivity index (χ0v) is 19.8. The molecule has 6 heteroatoms. The first-order chi connectivity index (χ1) is 17.8. The Bertz CT molecular complexity index is 1500. The van der Waals surface area contributed by atoms with Crippen LogP contribution in [-0.2, 0) is 0 Å². The number of hydrogen-bond acceptors (Lipinski definition) is 5. The van der Waals surface area contributed by atoms with E-state index in [0.717, 1.165) is 46.6 Å². The van der Waals surface area contributed by atoms with E-state index in [2.05, 4.69) is 51.3 Å². The molecule has 0 radical (unpaired) electrons. The zero-order valence-electron chi connectivity index (χ0n) is 19.8. The fraction of sp³-hybridized carbons (Fsp3) is 0.133. The Balaban J connectivity index is 1.29. The van der Waals surface area contributed by atoms with Crippen molar-refractivity contribution in [2.45, 2.75) is 0 Å². The number of rotatable bonds is 4. The van der Waals surface area contributed by atoms with Gasteiger partial charge < -0.3 is 9.80 Å². The number of fused-ring (bicyclic) bond motifs is 1. The molecule has 0 N–H and O–H groups in total. The fourth-order valence-electron chi connectivity index (χ4n) is 4.73. The number of pyridine rings is 1. The van der Waals surface area contributed by atoms with Crippen LogP contribution in [-0.4, -0.2) is 51.9 Å². The van der Waals surface area contributed by atoms with Crippen LogP contribution in [0, 0.1) is 0 Å². The van der Waals surface area contributed by atoms with Gasteiger partial charge in [-0.1, -0.05) is 72.8 Å². The number of hydrogen-bond donors (Lipinski definition) is 0. The van der Waals surface area contributed by atoms with Gasteiger partial charge in [0, 0.05) is 49.5 Å². The lowest BCUT2D eigenvalue weighted by atomic mass is 10.00. The van der Waals surface area contributed by atoms with Gasteiger partial charge in [0.2, 0.25) is 0 Å². The normalized spacial score (nSPS) is 13.7. The van der Waals surface area contributed by atoms with Gasteiger partial charge in [0.25, 0.3) is 5.91 Å². The van der Waals surface area contributed by atoms with Crippen LogP contribution < -0.4 is 4.90 Å². The lowest BCUT2D eigenvalue weighted by Gasteiger charge is -2.35. The number of carbonyl (C=O) groups excluding carboxylic acids is 1. The van der Waals surface area contributed by atoms with E-state index in [1.165, 1.54) is 5.56 Å². The molecule has 6 rings (SSSR count). The Labute approximate surface area is 209 Å². The summed E-state index contributed by atoms with van der Waals surface area (Å²) in [5, 5.41) is 0.878. The molecule has 0 saturated carbocycles. The van der Waals surface area contributed by atoms with Gasteiger partial charge in [0.1, 0.15) is 5.82 Å². The minimum absolute atomic E-state index is 0.0366. The average Bonchev–Trinajstić information content (AvgIpc) is 2.97. The molecule has 36 heavy (non-hydrogen) atoms. The second-order valence-corrected chi connectivity index (χ2v) is 8.86. The molecule has 1 aliphatic rings. The highest BCUT2D eigenvalue weighted by Crippen LogP contribution is 2.28. The van der Waals surface area contributed by atoms with Gasteiger partial charge in [-0.15, -0.1) is 0 Å². The van der Waals surface area contributed by atoms with E-state index < -0.39 is 0 Å². The standard InChI is InChI=1S/C30H25N5O/c36-30(35-18-16-34(17-19-35)29-21-31-14-15-32-29)26-20-28(33-27-9-5-4-8-25(26)27)24-12-10-23(11-13-24)22-6-2-1-3-7-22/h1-15,20-21H,16-19H2. The second kappa shape index (κ2) is 9.58. The van der Waals surface area contributed by atoms with Crippen LogP contribution in [0.15, 0.2) is 104 Å². The van der Waals surface area contributed by atoms with Crippen molar-refractivity contribution >= 4 is 22.6 Å². The van der Waals surface area contributed by atoms with Crippen LogP contribution >= 0.6 is 0 Å². The van der Waals surface area contributed by atoms with E-state index in [1.807, 2.05) is 53.4 Å². The highest BCUT2D eigenvalue weighted by Gasteiger charge is 2.25. The minimum atomic E-state index is 0.0366. The van der Waals surface area contributed by atoms with Gasteiger partial charge >= 0.3 is 0 Å². The first kappa shape index (κ1) is 21.9. The summed E-state index contributed by atoms with van der Waals surface area (Å²) in [6.45, 7) is 2.71. The van der Waals surface area contributed by atoms with Crippen LogP contribution in [0.1, 0.15) is 10.4 Å². The molecular weight excluding hydrogens is 446 g/mol. The number of amides is 1. The SMILES string of the molecule is O=C(c1cc(-c2ccc(-c3ccccc3)cc2)nc2ccccc12)N1CCN(c2cnccn2)CC1. The number of para-hydroxylation sites is 1. The summed E-state index contributed by atoms with van der Waals surface area (Å²) >= 11 is 0. The van der Waals surface area contributed by atoms with Crippen LogP contribution in [0.3, 0.4) is 0 Å². The number of nitrogens with zero attached hydrogens (tertiary/aromatic N) is 5. The van der Waals surface area contributed by atoms with E-state index in [-0.39, 0.29) is 5.91 Å². The minimum Gasteiger partial charge on any atom is -0.352 e. The lowest BCUT2D eigenvalue weighted by molar-refractivity contribution is 0.0748. The molecule has 3 aromatic carbocycles. The highest BCUT2D eigenvalue weighted by molar-refractivity contribution is 6.07. The third kappa shape index (κ3) is 4.29. The predicted molar refractivity (Wildman–Crippen MR) is 143 cm³/mol. The van der Waals surface area contributed by atoms with E-state index in [4.69, 9.17) is 4.98 Å². The van der Waals surface area contributed by atoms with Crippen molar-refractivity contribution in [2.75, 3.05) is 31.1 Å². The molecule has 0 atom stereocenters. The first-order valence-corrected chi connectivity index (χ1v) is 12.1. The Hall–Kier alpha value is -4.58. The summed E-state index contributed by atoms with van der Waals surface area (Å²) in [5.74, 6) is 0.884. The summed E-state index contributed by atoms with van der Waals surface area (Å²) in [7, 11) is 0. The van der Waals surface area contributed by atoms with Crippen molar-refractivity contribution in [3.05, 3.63) is 109 Å². The molecule has 1 aliphatic heterocycles. The molecule has 2 aromatic heterocycles. The third-order valence-corrected chi connectivity index (χ3v) is 6.67. The number of aromatic nitrogens is 3. The van der Waals surface area contributed by atoms with Crippen molar-refractivity contribution < 1.29 is 4.79 Å². The smallest absolute Gasteiger partial charge is 0.254 e. The van der Waals surface area contributed by atoms with Crippen molar-refractivity contribution in [3.63, 3.8) is 0 Å². The second-order valence-electron chi connectivity index (χ2n) is 8.86. The molecule has 1 amide bonds. The number of piperazine rings is 1. The number of carbonyl (C=O) groups is 1. The monoisotopic (exact) mass is 471 g/mol. The van der Waals surface area contributed by atoms with Gasteiger partial charge in [-0.3, -0.25) is 9.78 Å². The summed E-state index contributed by atoms with van der Waals surface area (Å²) in [4.78, 5) is 31.3. The quantitative estimate of drug-likeness (QED) is 0.355. The van der Waals surface area contributed by atoms with Gasteiger partial charge in [-0.2, -0.15) is 0 Å². The summed E-state index contributed by atoms with van der Waals surface area (Å²) in [5.41, 5.74) is 5.63. The molecule has 176 valence electrons. The van der Waals surface area contributed by atoms with Crippen molar-refractivity contribution in [3.8, 4) is 22.4 Å². The molecule has 1 fully saturated rings. The van der Waals surface area contributed by atoms with Gasteiger partial charge in [-0.05, 0) is 23.3 Å². The van der Waals surface area contributed by atoms with Crippen LogP contribution in [0.2, 0.25) is 0 Å². The lowest BCUT2D eigenvalue weighted by Crippen LogP contribution is -2.49. The van der Waals surface area contributed by atoms with Crippen LogP contribution in [0.4, 0.5) is 5.82 Å². The van der Waals surface area contributed by atoms with E-state index in [9.17, 15) is 4.79 Å². The van der Waals surface area contributed by atoms with Crippen LogP contribution in [0.25, 0.3) is 33.3 Å². The number of anilines is 1. The average molecular weight is 472 g/mol. The van der Waals surface area contributed by atoms with Crippen molar-refractivity contribution in [2.24, 2.45) is 0 Å². The molecule has 0 aliphatic carbocycles. The van der Waals surface area contributed by atoms with Crippen molar-refractivity contribution in [1.82, 2.24) is 19.9 Å². The molecule has 0 bridgehead atoms. The molecular formula is C30H25N5O.